The van der Waals surface area contributed by atoms with E-state index in [1.165, 1.54) is 6.21 Å². The smallest absolute Gasteiger partial charge is 0.251 e. The van der Waals surface area contributed by atoms with E-state index < -0.39 is 0 Å². The summed E-state index contributed by atoms with van der Waals surface area (Å²) in [5, 5.41) is 17.2. The maximum atomic E-state index is 13.0. The minimum atomic E-state index is 0.0132. The van der Waals surface area contributed by atoms with E-state index in [9.17, 15) is 4.79 Å². The molecule has 37 heavy (non-hydrogen) atoms. The highest BCUT2D eigenvalue weighted by Crippen LogP contribution is 2.44. The van der Waals surface area contributed by atoms with Crippen LogP contribution in [0.25, 0.3) is 11.3 Å². The topological polar surface area (TPSA) is 99.1 Å². The van der Waals surface area contributed by atoms with Gasteiger partial charge in [-0.2, -0.15) is 0 Å². The maximum Gasteiger partial charge on any atom is 0.251 e. The number of carbonyl (C=O) groups excluding carboxylic acids is 1. The summed E-state index contributed by atoms with van der Waals surface area (Å²) in [5.41, 5.74) is 5.54. The third-order valence-corrected chi connectivity index (χ3v) is 7.14. The van der Waals surface area contributed by atoms with Gasteiger partial charge in [0, 0.05) is 73.1 Å². The normalized spacial score (nSPS) is 15.5. The minimum absolute atomic E-state index is 0.0132. The van der Waals surface area contributed by atoms with Gasteiger partial charge in [-0.05, 0) is 60.6 Å². The second-order valence-corrected chi connectivity index (χ2v) is 9.53. The molecule has 0 bridgehead atoms. The molecule has 1 aromatic heterocycles. The molecule has 1 saturated heterocycles. The first-order chi connectivity index (χ1) is 18.0. The first kappa shape index (κ1) is 26.4. The van der Waals surface area contributed by atoms with Crippen molar-refractivity contribution in [1.82, 2.24) is 15.6 Å². The molecule has 7 heteroatoms. The van der Waals surface area contributed by atoms with Crippen LogP contribution in [0.15, 0.2) is 54.7 Å². The Morgan fingerprint density at radius 2 is 1.89 bits per heavy atom. The number of nitrogens with one attached hydrogen (secondary N) is 4. The summed E-state index contributed by atoms with van der Waals surface area (Å²) in [7, 11) is 1.82. The molecule has 2 heterocycles. The third-order valence-electron chi connectivity index (χ3n) is 7.14. The molecule has 1 aliphatic heterocycles. The molecule has 1 aliphatic carbocycles. The van der Waals surface area contributed by atoms with Crippen molar-refractivity contribution in [2.75, 3.05) is 25.5 Å². The Kier molecular flexibility index (Phi) is 8.24. The molecule has 2 fully saturated rings. The molecule has 0 atom stereocenters. The Morgan fingerprint density at radius 3 is 2.54 bits per heavy atom. The molecule has 194 valence electrons. The summed E-state index contributed by atoms with van der Waals surface area (Å²) in [4.78, 5) is 17.5. The van der Waals surface area contributed by atoms with Crippen molar-refractivity contribution in [2.24, 2.45) is 5.41 Å². The number of hydrogen-bond donors (Lipinski definition) is 4. The minimum Gasteiger partial charge on any atom is -0.457 e. The van der Waals surface area contributed by atoms with E-state index in [1.54, 1.807) is 6.20 Å². The van der Waals surface area contributed by atoms with E-state index in [-0.39, 0.29) is 11.9 Å². The Balaban J connectivity index is 0.00000156. The fourth-order valence-electron chi connectivity index (χ4n) is 5.09. The standard InChI is InChI=1S/C28H31N5O2.C2H6/c1-3-18-10-19(5-7-24(18)27(34)33-21-13-28(14-21)16-31-17-28)26-12-23(8-9-32-26)35-22-6-4-20(15-29)25(11-22)30-2;1-2/h4-12,15,21,29-31H,3,13-14,16-17H2,1-2H3,(H,33,34);1-2H3. The summed E-state index contributed by atoms with van der Waals surface area (Å²) in [6.07, 6.45) is 5.94. The van der Waals surface area contributed by atoms with Crippen molar-refractivity contribution in [3.05, 3.63) is 71.4 Å². The summed E-state index contributed by atoms with van der Waals surface area (Å²) in [5.74, 6) is 1.36. The van der Waals surface area contributed by atoms with Gasteiger partial charge >= 0.3 is 0 Å². The van der Waals surface area contributed by atoms with Crippen molar-refractivity contribution in [3.63, 3.8) is 0 Å². The zero-order valence-corrected chi connectivity index (χ0v) is 22.2. The molecular weight excluding hydrogens is 462 g/mol. The van der Waals surface area contributed by atoms with Gasteiger partial charge in [-0.25, -0.2) is 0 Å². The van der Waals surface area contributed by atoms with E-state index in [1.807, 2.05) is 63.4 Å². The molecule has 5 rings (SSSR count). The predicted octanol–water partition coefficient (Wildman–Crippen LogP) is 5.65. The van der Waals surface area contributed by atoms with Crippen LogP contribution in [0.2, 0.25) is 0 Å². The van der Waals surface area contributed by atoms with E-state index in [4.69, 9.17) is 10.1 Å². The van der Waals surface area contributed by atoms with Gasteiger partial charge in [-0.15, -0.1) is 0 Å². The zero-order chi connectivity index (χ0) is 26.4. The van der Waals surface area contributed by atoms with E-state index >= 15 is 0 Å². The van der Waals surface area contributed by atoms with Crippen molar-refractivity contribution >= 4 is 17.8 Å². The van der Waals surface area contributed by atoms with Gasteiger partial charge in [-0.3, -0.25) is 9.78 Å². The number of ether oxygens (including phenoxy) is 1. The Hall–Kier alpha value is -3.71. The van der Waals surface area contributed by atoms with Gasteiger partial charge in [0.2, 0.25) is 0 Å². The SMILES string of the molecule is CC.CCc1cc(-c2cc(Oc3ccc(C=N)c(NC)c3)ccn2)ccc1C(=O)NC1CC2(CNC2)C1. The van der Waals surface area contributed by atoms with Crippen LogP contribution in [-0.2, 0) is 6.42 Å². The van der Waals surface area contributed by atoms with Crippen molar-refractivity contribution in [2.45, 2.75) is 46.1 Å². The lowest BCUT2D eigenvalue weighted by Crippen LogP contribution is -2.65. The quantitative estimate of drug-likeness (QED) is 0.300. The van der Waals surface area contributed by atoms with E-state index in [0.717, 1.165) is 66.0 Å². The molecule has 1 amide bonds. The molecule has 1 saturated carbocycles. The second kappa shape index (κ2) is 11.6. The molecule has 7 nitrogen and oxygen atoms in total. The number of aromatic nitrogens is 1. The van der Waals surface area contributed by atoms with Crippen molar-refractivity contribution in [1.29, 1.82) is 5.41 Å². The summed E-state index contributed by atoms with van der Waals surface area (Å²) < 4.78 is 6.07. The number of anilines is 1. The maximum absolute atomic E-state index is 13.0. The average Bonchev–Trinajstić information content (AvgIpc) is 2.90. The largest absolute Gasteiger partial charge is 0.457 e. The first-order valence-corrected chi connectivity index (χ1v) is 13.1. The van der Waals surface area contributed by atoms with Gasteiger partial charge in [0.15, 0.2) is 0 Å². The summed E-state index contributed by atoms with van der Waals surface area (Å²) >= 11 is 0. The number of carbonyl (C=O) groups is 1. The van der Waals surface area contributed by atoms with E-state index in [0.29, 0.717) is 16.9 Å². The number of nitrogens with zero attached hydrogens (tertiary/aromatic N) is 1. The molecule has 0 unspecified atom stereocenters. The number of benzene rings is 2. The van der Waals surface area contributed by atoms with Crippen molar-refractivity contribution < 1.29 is 9.53 Å². The first-order valence-electron chi connectivity index (χ1n) is 13.1. The summed E-state index contributed by atoms with van der Waals surface area (Å²) in [6.45, 7) is 8.23. The Morgan fingerprint density at radius 1 is 1.14 bits per heavy atom. The monoisotopic (exact) mass is 499 g/mol. The predicted molar refractivity (Wildman–Crippen MR) is 150 cm³/mol. The summed E-state index contributed by atoms with van der Waals surface area (Å²) in [6, 6.07) is 15.5. The third kappa shape index (κ3) is 5.67. The van der Waals surface area contributed by atoms with Crippen LogP contribution in [0.5, 0.6) is 11.5 Å². The molecular formula is C30H37N5O2. The Bertz CT molecular complexity index is 1260. The molecule has 4 N–H and O–H groups in total. The number of pyridine rings is 1. The lowest BCUT2D eigenvalue weighted by molar-refractivity contribution is 0.0232. The fourth-order valence-corrected chi connectivity index (χ4v) is 5.09. The lowest BCUT2D eigenvalue weighted by atomic mass is 9.61. The van der Waals surface area contributed by atoms with Crippen LogP contribution in [0.3, 0.4) is 0 Å². The fraction of sp³-hybridized carbons (Fsp3) is 0.367. The second-order valence-electron chi connectivity index (χ2n) is 9.53. The number of rotatable bonds is 8. The van der Waals surface area contributed by atoms with Crippen LogP contribution < -0.4 is 20.7 Å². The molecule has 1 spiro atoms. The van der Waals surface area contributed by atoms with Crippen molar-refractivity contribution in [3.8, 4) is 22.8 Å². The number of hydrogen-bond acceptors (Lipinski definition) is 6. The number of amides is 1. The number of aryl methyl sites for hydroxylation is 1. The van der Waals surface area contributed by atoms with Gasteiger partial charge in [0.1, 0.15) is 11.5 Å². The highest BCUT2D eigenvalue weighted by atomic mass is 16.5. The highest BCUT2D eigenvalue weighted by molar-refractivity contribution is 5.96. The highest BCUT2D eigenvalue weighted by Gasteiger charge is 2.48. The van der Waals surface area contributed by atoms with Crippen LogP contribution in [0.1, 0.15) is 55.1 Å². The van der Waals surface area contributed by atoms with E-state index in [2.05, 4.69) is 33.9 Å². The molecule has 0 radical (unpaired) electrons. The zero-order valence-electron chi connectivity index (χ0n) is 22.2. The Labute approximate surface area is 219 Å². The van der Waals surface area contributed by atoms with Gasteiger partial charge in [0.25, 0.3) is 5.91 Å². The molecule has 2 aromatic carbocycles. The van der Waals surface area contributed by atoms with Gasteiger partial charge in [-0.1, -0.05) is 26.8 Å². The van der Waals surface area contributed by atoms with Crippen LogP contribution in [-0.4, -0.2) is 43.3 Å². The lowest BCUT2D eigenvalue weighted by Gasteiger charge is -2.54. The van der Waals surface area contributed by atoms with Crippen LogP contribution in [0.4, 0.5) is 5.69 Å². The van der Waals surface area contributed by atoms with Crippen LogP contribution >= 0.6 is 0 Å². The molecule has 3 aromatic rings. The molecule has 2 aliphatic rings. The van der Waals surface area contributed by atoms with Gasteiger partial charge in [0.05, 0.1) is 5.69 Å². The van der Waals surface area contributed by atoms with Crippen LogP contribution in [0, 0.1) is 10.8 Å². The average molecular weight is 500 g/mol. The van der Waals surface area contributed by atoms with Gasteiger partial charge < -0.3 is 26.1 Å².